The maximum absolute atomic E-state index is 14.8. The van der Waals surface area contributed by atoms with E-state index in [1.165, 1.54) is 23.2 Å². The molecule has 2 heterocycles. The van der Waals surface area contributed by atoms with E-state index in [2.05, 4.69) is 15.0 Å². The lowest BCUT2D eigenvalue weighted by molar-refractivity contribution is -0.123. The largest absolute Gasteiger partial charge is 0.443 e. The van der Waals surface area contributed by atoms with Gasteiger partial charge in [-0.05, 0) is 59.9 Å². The second-order valence-electron chi connectivity index (χ2n) is 6.38. The molecule has 1 aromatic heterocycles. The zero-order valence-corrected chi connectivity index (χ0v) is 15.2. The van der Waals surface area contributed by atoms with E-state index in [-0.39, 0.29) is 17.9 Å². The summed E-state index contributed by atoms with van der Waals surface area (Å²) >= 11 is 0. The van der Waals surface area contributed by atoms with E-state index in [1.807, 2.05) is 0 Å². The minimum atomic E-state index is -0.693. The van der Waals surface area contributed by atoms with Crippen LogP contribution in [-0.4, -0.2) is 29.6 Å². The molecule has 2 N–H and O–H groups in total. The maximum atomic E-state index is 14.8. The third kappa shape index (κ3) is 3.45. The molecule has 3 rings (SSSR count). The molecule has 0 saturated carbocycles. The van der Waals surface area contributed by atoms with E-state index in [0.717, 1.165) is 0 Å². The molecule has 1 fully saturated rings. The van der Waals surface area contributed by atoms with Gasteiger partial charge in [-0.3, -0.25) is 14.7 Å². The molecule has 1 saturated heterocycles. The predicted molar refractivity (Wildman–Crippen MR) is 99.1 cm³/mol. The van der Waals surface area contributed by atoms with E-state index in [4.69, 9.17) is 16.0 Å². The number of carbonyl (C=O) groups is 2. The number of hydrogen-bond acceptors (Lipinski definition) is 5. The third-order valence-electron chi connectivity index (χ3n) is 4.71. The van der Waals surface area contributed by atoms with Crippen LogP contribution in [0.15, 0.2) is 35.6 Å². The Bertz CT molecular complexity index is 1000. The van der Waals surface area contributed by atoms with Crippen LogP contribution in [-0.2, 0) is 9.53 Å². The van der Waals surface area contributed by atoms with Gasteiger partial charge in [-0.1, -0.05) is 0 Å². The number of amides is 2. The van der Waals surface area contributed by atoms with Gasteiger partial charge in [-0.15, -0.1) is 0 Å². The molecule has 9 nitrogen and oxygen atoms in total. The maximum Gasteiger partial charge on any atom is 0.414 e. The molecule has 0 radical (unpaired) electrons. The summed E-state index contributed by atoms with van der Waals surface area (Å²) in [6.45, 7) is 3.34. The van der Waals surface area contributed by atoms with Crippen molar-refractivity contribution in [1.82, 2.24) is 4.98 Å². The number of aromatic nitrogens is 1. The van der Waals surface area contributed by atoms with Gasteiger partial charge in [-0.2, -0.15) is 0 Å². The van der Waals surface area contributed by atoms with Crippen LogP contribution < -0.4 is 10.6 Å². The van der Waals surface area contributed by atoms with Crippen molar-refractivity contribution < 1.29 is 18.7 Å². The van der Waals surface area contributed by atoms with Crippen molar-refractivity contribution in [3.63, 3.8) is 0 Å². The summed E-state index contributed by atoms with van der Waals surface area (Å²) in [5.41, 5.74) is 15.5. The van der Waals surface area contributed by atoms with Crippen molar-refractivity contribution in [1.29, 1.82) is 0 Å². The quantitative estimate of drug-likeness (QED) is 0.479. The first-order valence-corrected chi connectivity index (χ1v) is 8.41. The topological polar surface area (TPSA) is 134 Å². The predicted octanol–water partition coefficient (Wildman–Crippen LogP) is 3.58. The first-order chi connectivity index (χ1) is 13.3. The summed E-state index contributed by atoms with van der Waals surface area (Å²) in [7, 11) is 0. The van der Waals surface area contributed by atoms with E-state index in [9.17, 15) is 14.0 Å². The van der Waals surface area contributed by atoms with Gasteiger partial charge < -0.3 is 10.5 Å². The molecule has 1 aromatic carbocycles. The van der Waals surface area contributed by atoms with Crippen LogP contribution in [0.1, 0.15) is 12.5 Å². The van der Waals surface area contributed by atoms with Crippen LogP contribution in [0, 0.1) is 18.7 Å². The molecule has 0 spiro atoms. The third-order valence-corrected chi connectivity index (χ3v) is 4.71. The highest BCUT2D eigenvalue weighted by Crippen LogP contribution is 2.33. The Morgan fingerprint density at radius 2 is 2.21 bits per heavy atom. The van der Waals surface area contributed by atoms with Crippen molar-refractivity contribution >= 4 is 23.5 Å². The smallest absolute Gasteiger partial charge is 0.414 e. The summed E-state index contributed by atoms with van der Waals surface area (Å²) in [5.74, 6) is -1.64. The van der Waals surface area contributed by atoms with Crippen LogP contribution in [0.2, 0.25) is 0 Å². The van der Waals surface area contributed by atoms with Gasteiger partial charge in [0.15, 0.2) is 0 Å². The number of anilines is 1. The number of azide groups is 1. The summed E-state index contributed by atoms with van der Waals surface area (Å²) in [6, 6.07) is 5.91. The summed E-state index contributed by atoms with van der Waals surface area (Å²) < 4.78 is 20.0. The van der Waals surface area contributed by atoms with Gasteiger partial charge in [-0.25, -0.2) is 9.18 Å². The van der Waals surface area contributed by atoms with E-state index >= 15 is 0 Å². The van der Waals surface area contributed by atoms with Gasteiger partial charge in [0, 0.05) is 16.7 Å². The zero-order valence-electron chi connectivity index (χ0n) is 15.2. The number of hydrogen-bond donors (Lipinski definition) is 1. The van der Waals surface area contributed by atoms with E-state index < -0.39 is 29.8 Å². The molecule has 1 aliphatic rings. The van der Waals surface area contributed by atoms with Gasteiger partial charge in [0.25, 0.3) is 0 Å². The van der Waals surface area contributed by atoms with Gasteiger partial charge in [0.2, 0.25) is 5.91 Å². The Kier molecular flexibility index (Phi) is 5.14. The minimum Gasteiger partial charge on any atom is -0.443 e. The molecule has 144 valence electrons. The number of ether oxygens (including phenoxy) is 1. The Balaban J connectivity index is 1.92. The fraction of sp³-hybridized carbons (Fsp3) is 0.278. The summed E-state index contributed by atoms with van der Waals surface area (Å²) in [4.78, 5) is 31.4. The molecule has 2 atom stereocenters. The van der Waals surface area contributed by atoms with Gasteiger partial charge >= 0.3 is 6.09 Å². The Morgan fingerprint density at radius 1 is 1.46 bits per heavy atom. The normalized spacial score (nSPS) is 17.0. The van der Waals surface area contributed by atoms with Crippen LogP contribution in [0.4, 0.5) is 20.7 Å². The Hall–Kier alpha value is -3.65. The molecule has 2 amide bonds. The molecule has 1 aliphatic heterocycles. The highest BCUT2D eigenvalue weighted by Gasteiger charge is 2.37. The number of cyclic esters (lactones) is 1. The number of rotatable bonds is 5. The molecule has 10 heteroatoms. The molecule has 2 aromatic rings. The van der Waals surface area contributed by atoms with E-state index in [0.29, 0.717) is 16.8 Å². The monoisotopic (exact) mass is 384 g/mol. The number of halogens is 1. The van der Waals surface area contributed by atoms with Crippen LogP contribution in [0.5, 0.6) is 0 Å². The molecular formula is C18H17FN6O3. The molecule has 2 unspecified atom stereocenters. The molecule has 28 heavy (non-hydrogen) atoms. The van der Waals surface area contributed by atoms with Crippen LogP contribution in [0.25, 0.3) is 21.6 Å². The van der Waals surface area contributed by atoms with Crippen LogP contribution >= 0.6 is 0 Å². The highest BCUT2D eigenvalue weighted by molar-refractivity contribution is 5.91. The lowest BCUT2D eigenvalue weighted by Gasteiger charge is -2.16. The van der Waals surface area contributed by atoms with Crippen LogP contribution in [0.3, 0.4) is 0 Å². The second kappa shape index (κ2) is 7.53. The van der Waals surface area contributed by atoms with Crippen molar-refractivity contribution in [3.05, 3.63) is 52.3 Å². The van der Waals surface area contributed by atoms with Crippen molar-refractivity contribution in [3.8, 4) is 11.1 Å². The van der Waals surface area contributed by atoms with Crippen molar-refractivity contribution in [2.75, 3.05) is 11.4 Å². The Labute approximate surface area is 159 Å². The lowest BCUT2D eigenvalue weighted by atomic mass is 10.0. The highest BCUT2D eigenvalue weighted by atomic mass is 19.1. The fourth-order valence-electron chi connectivity index (χ4n) is 2.99. The molecule has 0 bridgehead atoms. The fourth-order valence-corrected chi connectivity index (χ4v) is 2.99. The van der Waals surface area contributed by atoms with Gasteiger partial charge in [0.1, 0.15) is 17.7 Å². The molecular weight excluding hydrogens is 367 g/mol. The first kappa shape index (κ1) is 19.1. The van der Waals surface area contributed by atoms with E-state index in [1.54, 1.807) is 26.0 Å². The average molecular weight is 384 g/mol. The van der Waals surface area contributed by atoms with Crippen molar-refractivity contribution in [2.24, 2.45) is 16.8 Å². The number of primary amides is 1. The molecule has 0 aliphatic carbocycles. The number of nitrogens with two attached hydrogens (primary N) is 1. The number of nitrogens with zero attached hydrogens (tertiary/aromatic N) is 5. The van der Waals surface area contributed by atoms with Gasteiger partial charge in [0.05, 0.1) is 18.2 Å². The first-order valence-electron chi connectivity index (χ1n) is 8.41. The lowest BCUT2D eigenvalue weighted by Crippen LogP contribution is -2.34. The number of pyridine rings is 1. The Morgan fingerprint density at radius 3 is 2.86 bits per heavy atom. The second-order valence-corrected chi connectivity index (χ2v) is 6.38. The SMILES string of the molecule is Cc1c(-c2ccc(N3CC(C(C)C(N)=O)OC3=O)cc2F)ccnc1N=[N+]=[N-]. The van der Waals surface area contributed by atoms with Crippen molar-refractivity contribution in [2.45, 2.75) is 20.0 Å². The average Bonchev–Trinajstić information content (AvgIpc) is 3.05. The standard InChI is InChI=1S/C18H17FN6O3/c1-9-12(5-6-22-17(9)23-24-21)13-4-3-11(7-14(13)19)25-8-15(28-18(25)27)10(2)16(20)26/h3-7,10,15H,8H2,1-2H3,(H2,20,26). The minimum absolute atomic E-state index is 0.0943. The summed E-state index contributed by atoms with van der Waals surface area (Å²) in [5, 5.41) is 3.49. The number of carbonyl (C=O) groups excluding carboxylic acids is 2. The number of benzene rings is 1. The zero-order chi connectivity index (χ0) is 20.4. The summed E-state index contributed by atoms with van der Waals surface area (Å²) in [6.07, 6.45) is 0.0606.